The van der Waals surface area contributed by atoms with Gasteiger partial charge >= 0.3 is 0 Å². The van der Waals surface area contributed by atoms with E-state index in [1.807, 2.05) is 30.7 Å². The molecule has 2 heterocycles. The molecule has 1 saturated heterocycles. The lowest BCUT2D eigenvalue weighted by Crippen LogP contribution is -2.48. The van der Waals surface area contributed by atoms with Crippen LogP contribution in [0, 0.1) is 5.92 Å². The molecule has 0 aliphatic carbocycles. The zero-order valence-corrected chi connectivity index (χ0v) is 11.9. The van der Waals surface area contributed by atoms with Gasteiger partial charge in [0.05, 0.1) is 5.92 Å². The predicted molar refractivity (Wildman–Crippen MR) is 75.6 cm³/mol. The summed E-state index contributed by atoms with van der Waals surface area (Å²) in [5.41, 5.74) is 6.35. The molecule has 1 aliphatic rings. The third-order valence-electron chi connectivity index (χ3n) is 3.63. The Morgan fingerprint density at radius 2 is 2.42 bits per heavy atom. The Balaban J connectivity index is 2.24. The molecular formula is C13H19N3O2S. The summed E-state index contributed by atoms with van der Waals surface area (Å²) in [5, 5.41) is 7.17. The average Bonchev–Trinajstić information content (AvgIpc) is 2.97. The van der Waals surface area contributed by atoms with Crippen LogP contribution in [0.15, 0.2) is 16.8 Å². The summed E-state index contributed by atoms with van der Waals surface area (Å²) < 4.78 is 0. The molecule has 0 saturated carbocycles. The lowest BCUT2D eigenvalue weighted by atomic mass is 10.0. The highest BCUT2D eigenvalue weighted by Gasteiger charge is 2.44. The summed E-state index contributed by atoms with van der Waals surface area (Å²) >= 11 is 1.57. The van der Waals surface area contributed by atoms with Gasteiger partial charge in [-0.15, -0.1) is 0 Å². The highest BCUT2D eigenvalue weighted by molar-refractivity contribution is 7.08. The smallest absolute Gasteiger partial charge is 0.225 e. The number of rotatable bonds is 5. The molecule has 1 fully saturated rings. The van der Waals surface area contributed by atoms with Gasteiger partial charge in [-0.25, -0.2) is 0 Å². The van der Waals surface area contributed by atoms with E-state index >= 15 is 0 Å². The number of nitrogens with one attached hydrogen (secondary N) is 1. The quantitative estimate of drug-likeness (QED) is 0.861. The topological polar surface area (TPSA) is 75.4 Å². The van der Waals surface area contributed by atoms with Crippen LogP contribution >= 0.6 is 11.3 Å². The Bertz CT molecular complexity index is 460. The van der Waals surface area contributed by atoms with Gasteiger partial charge in [-0.2, -0.15) is 11.3 Å². The molecule has 6 heteroatoms. The van der Waals surface area contributed by atoms with Crippen LogP contribution < -0.4 is 11.1 Å². The molecule has 3 N–H and O–H groups in total. The van der Waals surface area contributed by atoms with Gasteiger partial charge in [0.2, 0.25) is 11.8 Å². The van der Waals surface area contributed by atoms with E-state index < -0.39 is 11.8 Å². The summed E-state index contributed by atoms with van der Waals surface area (Å²) in [5.74, 6) is -0.904. The Labute approximate surface area is 116 Å². The summed E-state index contributed by atoms with van der Waals surface area (Å²) in [4.78, 5) is 25.4. The van der Waals surface area contributed by atoms with Crippen LogP contribution in [-0.4, -0.2) is 28.9 Å². The molecule has 19 heavy (non-hydrogen) atoms. The van der Waals surface area contributed by atoms with Crippen LogP contribution in [0.1, 0.15) is 26.7 Å². The molecule has 1 aromatic rings. The van der Waals surface area contributed by atoms with Crippen LogP contribution in [-0.2, 0) is 9.59 Å². The second-order valence-electron chi connectivity index (χ2n) is 4.87. The zero-order valence-electron chi connectivity index (χ0n) is 11.1. The SMILES string of the molecule is CCC(C)N1C(=O)CC(C(N)=O)C1Nc1ccsc1. The van der Waals surface area contributed by atoms with E-state index in [1.54, 1.807) is 16.2 Å². The van der Waals surface area contributed by atoms with Crippen molar-refractivity contribution in [1.82, 2.24) is 4.90 Å². The first-order chi connectivity index (χ1) is 9.04. The summed E-state index contributed by atoms with van der Waals surface area (Å²) in [6, 6.07) is 2.02. The lowest BCUT2D eigenvalue weighted by Gasteiger charge is -2.32. The van der Waals surface area contributed by atoms with Crippen molar-refractivity contribution in [2.45, 2.75) is 38.9 Å². The third-order valence-corrected chi connectivity index (χ3v) is 4.31. The van der Waals surface area contributed by atoms with E-state index in [4.69, 9.17) is 5.73 Å². The number of likely N-dealkylation sites (tertiary alicyclic amines) is 1. The minimum atomic E-state index is -0.471. The number of hydrogen-bond acceptors (Lipinski definition) is 4. The van der Waals surface area contributed by atoms with Crippen LogP contribution in [0.25, 0.3) is 0 Å². The molecule has 0 aromatic carbocycles. The second-order valence-corrected chi connectivity index (χ2v) is 5.65. The first-order valence-corrected chi connectivity index (χ1v) is 7.38. The third kappa shape index (κ3) is 2.73. The number of hydrogen-bond donors (Lipinski definition) is 2. The Morgan fingerprint density at radius 1 is 1.68 bits per heavy atom. The normalized spacial score (nSPS) is 24.5. The number of anilines is 1. The first-order valence-electron chi connectivity index (χ1n) is 6.43. The molecule has 3 unspecified atom stereocenters. The lowest BCUT2D eigenvalue weighted by molar-refractivity contribution is -0.130. The highest BCUT2D eigenvalue weighted by Crippen LogP contribution is 2.30. The van der Waals surface area contributed by atoms with E-state index in [0.29, 0.717) is 0 Å². The van der Waals surface area contributed by atoms with Gasteiger partial charge < -0.3 is 16.0 Å². The van der Waals surface area contributed by atoms with Crippen molar-refractivity contribution < 1.29 is 9.59 Å². The van der Waals surface area contributed by atoms with Gasteiger partial charge in [-0.05, 0) is 24.8 Å². The van der Waals surface area contributed by atoms with Crippen LogP contribution in [0.2, 0.25) is 0 Å². The average molecular weight is 281 g/mol. The van der Waals surface area contributed by atoms with E-state index in [-0.39, 0.29) is 24.5 Å². The van der Waals surface area contributed by atoms with E-state index in [0.717, 1.165) is 12.1 Å². The Morgan fingerprint density at radius 3 is 2.95 bits per heavy atom. The van der Waals surface area contributed by atoms with Gasteiger partial charge in [0.1, 0.15) is 6.17 Å². The largest absolute Gasteiger partial charge is 0.369 e. The molecule has 0 bridgehead atoms. The van der Waals surface area contributed by atoms with Gasteiger partial charge in [0, 0.05) is 23.5 Å². The molecular weight excluding hydrogens is 262 g/mol. The molecule has 1 aliphatic heterocycles. The molecule has 5 nitrogen and oxygen atoms in total. The fourth-order valence-electron chi connectivity index (χ4n) is 2.41. The fraction of sp³-hybridized carbons (Fsp3) is 0.538. The number of carbonyl (C=O) groups is 2. The second kappa shape index (κ2) is 5.61. The van der Waals surface area contributed by atoms with Crippen LogP contribution in [0.3, 0.4) is 0 Å². The highest BCUT2D eigenvalue weighted by atomic mass is 32.1. The Kier molecular flexibility index (Phi) is 4.09. The standard InChI is InChI=1S/C13H19N3O2S/c1-3-8(2)16-11(17)6-10(12(14)18)13(16)15-9-4-5-19-7-9/h4-5,7-8,10,13,15H,3,6H2,1-2H3,(H2,14,18). The number of amides is 2. The van der Waals surface area contributed by atoms with Crippen molar-refractivity contribution in [3.05, 3.63) is 16.8 Å². The van der Waals surface area contributed by atoms with Crippen molar-refractivity contribution in [3.8, 4) is 0 Å². The molecule has 2 amide bonds. The van der Waals surface area contributed by atoms with Crippen molar-refractivity contribution in [2.24, 2.45) is 11.7 Å². The van der Waals surface area contributed by atoms with Crippen LogP contribution in [0.5, 0.6) is 0 Å². The fourth-order valence-corrected chi connectivity index (χ4v) is 3.01. The van der Waals surface area contributed by atoms with Crippen molar-refractivity contribution in [1.29, 1.82) is 0 Å². The summed E-state index contributed by atoms with van der Waals surface area (Å²) in [7, 11) is 0. The summed E-state index contributed by atoms with van der Waals surface area (Å²) in [6.07, 6.45) is 0.704. The monoisotopic (exact) mass is 281 g/mol. The van der Waals surface area contributed by atoms with Gasteiger partial charge in [0.25, 0.3) is 0 Å². The number of carbonyl (C=O) groups excluding carboxylic acids is 2. The zero-order chi connectivity index (χ0) is 14.0. The van der Waals surface area contributed by atoms with E-state index in [9.17, 15) is 9.59 Å². The minimum absolute atomic E-state index is 0.00844. The van der Waals surface area contributed by atoms with Crippen molar-refractivity contribution >= 4 is 28.8 Å². The number of nitrogens with zero attached hydrogens (tertiary/aromatic N) is 1. The van der Waals surface area contributed by atoms with Gasteiger partial charge in [-0.1, -0.05) is 6.92 Å². The predicted octanol–water partition coefficient (Wildman–Crippen LogP) is 1.62. The number of nitrogens with two attached hydrogens (primary N) is 1. The molecule has 104 valence electrons. The van der Waals surface area contributed by atoms with Gasteiger partial charge in [0.15, 0.2) is 0 Å². The summed E-state index contributed by atoms with van der Waals surface area (Å²) in [6.45, 7) is 4.01. The maximum absolute atomic E-state index is 12.1. The molecule has 2 rings (SSSR count). The van der Waals surface area contributed by atoms with E-state index in [2.05, 4.69) is 5.32 Å². The molecule has 0 spiro atoms. The number of primary amides is 1. The Hall–Kier alpha value is -1.56. The number of thiophene rings is 1. The molecule has 3 atom stereocenters. The minimum Gasteiger partial charge on any atom is -0.369 e. The molecule has 0 radical (unpaired) electrons. The van der Waals surface area contributed by atoms with Crippen molar-refractivity contribution in [2.75, 3.05) is 5.32 Å². The first kappa shape index (κ1) is 13.9. The van der Waals surface area contributed by atoms with E-state index in [1.165, 1.54) is 0 Å². The maximum atomic E-state index is 12.1. The molecule has 1 aromatic heterocycles. The maximum Gasteiger partial charge on any atom is 0.225 e. The van der Waals surface area contributed by atoms with Crippen LogP contribution in [0.4, 0.5) is 5.69 Å². The van der Waals surface area contributed by atoms with Gasteiger partial charge in [-0.3, -0.25) is 9.59 Å². The van der Waals surface area contributed by atoms with Crippen molar-refractivity contribution in [3.63, 3.8) is 0 Å².